The molecule has 4 nitrogen and oxygen atoms in total. The highest BCUT2D eigenvalue weighted by atomic mass is 32.1. The topological polar surface area (TPSA) is 45.7 Å². The average molecular weight is 390 g/mol. The number of benzene rings is 3. The van der Waals surface area contributed by atoms with E-state index >= 15 is 0 Å². The highest BCUT2D eigenvalue weighted by Gasteiger charge is 2.01. The van der Waals surface area contributed by atoms with Gasteiger partial charge in [0.2, 0.25) is 0 Å². The normalized spacial score (nSPS) is 10.8. The van der Waals surface area contributed by atoms with Crippen LogP contribution in [0.15, 0.2) is 84.0 Å². The van der Waals surface area contributed by atoms with E-state index in [-0.39, 0.29) is 0 Å². The summed E-state index contributed by atoms with van der Waals surface area (Å²) in [5.74, 6) is 2.05. The van der Waals surface area contributed by atoms with E-state index in [4.69, 9.17) is 17.0 Å². The Morgan fingerprint density at radius 2 is 1.64 bits per heavy atom. The molecule has 142 valence electrons. The molecule has 0 fully saturated rings. The molecule has 3 rings (SSSR count). The fraction of sp³-hybridized carbons (Fsp3) is 0.130. The van der Waals surface area contributed by atoms with E-state index in [1.165, 1.54) is 5.56 Å². The number of hydrogen-bond acceptors (Lipinski definition) is 3. The van der Waals surface area contributed by atoms with Crippen LogP contribution in [0.1, 0.15) is 30.9 Å². The molecule has 0 amide bonds. The van der Waals surface area contributed by atoms with Crippen molar-refractivity contribution in [3.63, 3.8) is 0 Å². The molecule has 0 atom stereocenters. The van der Waals surface area contributed by atoms with E-state index in [1.54, 1.807) is 6.21 Å². The summed E-state index contributed by atoms with van der Waals surface area (Å²) in [5, 5.41) is 7.75. The zero-order valence-electron chi connectivity index (χ0n) is 15.9. The fourth-order valence-electron chi connectivity index (χ4n) is 2.56. The van der Waals surface area contributed by atoms with Crippen LogP contribution in [0.4, 0.5) is 5.69 Å². The Balaban J connectivity index is 1.54. The molecular weight excluding hydrogens is 366 g/mol. The molecular formula is C23H23N3OS. The summed E-state index contributed by atoms with van der Waals surface area (Å²) < 4.78 is 5.83. The van der Waals surface area contributed by atoms with Crippen LogP contribution in [-0.4, -0.2) is 11.3 Å². The van der Waals surface area contributed by atoms with Crippen LogP contribution in [0, 0.1) is 0 Å². The van der Waals surface area contributed by atoms with Gasteiger partial charge in [-0.05, 0) is 65.7 Å². The van der Waals surface area contributed by atoms with E-state index in [2.05, 4.69) is 41.8 Å². The summed E-state index contributed by atoms with van der Waals surface area (Å²) in [6, 6.07) is 25.6. The molecule has 0 spiro atoms. The molecule has 0 aromatic heterocycles. The number of anilines is 1. The molecule has 0 aliphatic carbocycles. The van der Waals surface area contributed by atoms with Crippen LogP contribution in [-0.2, 0) is 0 Å². The van der Waals surface area contributed by atoms with Crippen molar-refractivity contribution in [2.75, 3.05) is 5.32 Å². The number of hydrogen-bond donors (Lipinski definition) is 2. The Bertz CT molecular complexity index is 938. The number of ether oxygens (including phenoxy) is 1. The van der Waals surface area contributed by atoms with E-state index < -0.39 is 0 Å². The van der Waals surface area contributed by atoms with Crippen molar-refractivity contribution < 1.29 is 4.74 Å². The first-order valence-electron chi connectivity index (χ1n) is 9.13. The van der Waals surface area contributed by atoms with Crippen molar-refractivity contribution in [3.8, 4) is 11.5 Å². The van der Waals surface area contributed by atoms with Gasteiger partial charge in [0.25, 0.3) is 0 Å². The first-order chi connectivity index (χ1) is 13.6. The molecule has 2 N–H and O–H groups in total. The predicted octanol–water partition coefficient (Wildman–Crippen LogP) is 5.92. The Kier molecular flexibility index (Phi) is 6.76. The fourth-order valence-corrected chi connectivity index (χ4v) is 2.73. The van der Waals surface area contributed by atoms with Crippen molar-refractivity contribution in [1.82, 2.24) is 5.43 Å². The zero-order valence-corrected chi connectivity index (χ0v) is 16.7. The quantitative estimate of drug-likeness (QED) is 0.312. The molecule has 5 heteroatoms. The van der Waals surface area contributed by atoms with Crippen LogP contribution in [0.5, 0.6) is 11.5 Å². The third-order valence-corrected chi connectivity index (χ3v) is 4.25. The van der Waals surface area contributed by atoms with Gasteiger partial charge in [-0.25, -0.2) is 0 Å². The Morgan fingerprint density at radius 3 is 2.36 bits per heavy atom. The molecule has 0 saturated heterocycles. The van der Waals surface area contributed by atoms with Gasteiger partial charge in [0, 0.05) is 5.69 Å². The first-order valence-corrected chi connectivity index (χ1v) is 9.54. The van der Waals surface area contributed by atoms with Crippen molar-refractivity contribution in [2.24, 2.45) is 5.10 Å². The smallest absolute Gasteiger partial charge is 0.191 e. The van der Waals surface area contributed by atoms with Gasteiger partial charge in [0.05, 0.1) is 6.21 Å². The standard InChI is InChI=1S/C23H23N3OS/c1-17(2)19-11-13-20(14-12-19)25-23(28)26-24-16-18-7-6-10-22(15-18)27-21-8-4-3-5-9-21/h3-17H,1-2H3,(H2,25,26,28). The third-order valence-electron chi connectivity index (χ3n) is 4.05. The Hall–Kier alpha value is -3.18. The predicted molar refractivity (Wildman–Crippen MR) is 120 cm³/mol. The number of hydrazone groups is 1. The van der Waals surface area contributed by atoms with Crippen molar-refractivity contribution in [1.29, 1.82) is 0 Å². The van der Waals surface area contributed by atoms with E-state index in [1.807, 2.05) is 66.7 Å². The molecule has 3 aromatic rings. The maximum atomic E-state index is 5.83. The van der Waals surface area contributed by atoms with Crippen LogP contribution >= 0.6 is 12.2 Å². The summed E-state index contributed by atoms with van der Waals surface area (Å²) in [5.41, 5.74) is 5.96. The average Bonchev–Trinajstić information content (AvgIpc) is 2.69. The summed E-state index contributed by atoms with van der Waals surface area (Å²) in [7, 11) is 0. The van der Waals surface area contributed by atoms with E-state index in [0.717, 1.165) is 22.7 Å². The van der Waals surface area contributed by atoms with Crippen LogP contribution in [0.2, 0.25) is 0 Å². The highest BCUT2D eigenvalue weighted by molar-refractivity contribution is 7.80. The molecule has 28 heavy (non-hydrogen) atoms. The maximum Gasteiger partial charge on any atom is 0.191 e. The molecule has 0 bridgehead atoms. The summed E-state index contributed by atoms with van der Waals surface area (Å²) in [4.78, 5) is 0. The van der Waals surface area contributed by atoms with Gasteiger partial charge in [-0.15, -0.1) is 0 Å². The second-order valence-corrected chi connectivity index (χ2v) is 7.00. The maximum absolute atomic E-state index is 5.83. The van der Waals surface area contributed by atoms with E-state index in [0.29, 0.717) is 11.0 Å². The molecule has 0 radical (unpaired) electrons. The number of nitrogens with one attached hydrogen (secondary N) is 2. The largest absolute Gasteiger partial charge is 0.457 e. The summed E-state index contributed by atoms with van der Waals surface area (Å²) in [6.45, 7) is 4.34. The van der Waals surface area contributed by atoms with Gasteiger partial charge in [-0.3, -0.25) is 5.43 Å². The van der Waals surface area contributed by atoms with Crippen LogP contribution in [0.25, 0.3) is 0 Å². The Labute approximate surface area is 171 Å². The molecule has 0 aliphatic rings. The Morgan fingerprint density at radius 1 is 0.929 bits per heavy atom. The lowest BCUT2D eigenvalue weighted by atomic mass is 10.0. The second kappa shape index (κ2) is 9.67. The molecule has 3 aromatic carbocycles. The van der Waals surface area contributed by atoms with E-state index in [9.17, 15) is 0 Å². The molecule has 0 aliphatic heterocycles. The third kappa shape index (κ3) is 5.93. The van der Waals surface area contributed by atoms with Gasteiger partial charge < -0.3 is 10.1 Å². The number of thiocarbonyl (C=S) groups is 1. The number of nitrogens with zero attached hydrogens (tertiary/aromatic N) is 1. The first kappa shape index (κ1) is 19.6. The van der Waals surface area contributed by atoms with Crippen molar-refractivity contribution in [3.05, 3.63) is 90.0 Å². The highest BCUT2D eigenvalue weighted by Crippen LogP contribution is 2.21. The minimum absolute atomic E-state index is 0.435. The molecule has 0 unspecified atom stereocenters. The van der Waals surface area contributed by atoms with Crippen molar-refractivity contribution in [2.45, 2.75) is 19.8 Å². The van der Waals surface area contributed by atoms with Crippen LogP contribution < -0.4 is 15.5 Å². The number of rotatable bonds is 6. The summed E-state index contributed by atoms with van der Waals surface area (Å²) >= 11 is 5.29. The molecule has 0 saturated carbocycles. The SMILES string of the molecule is CC(C)c1ccc(NC(=S)NN=Cc2cccc(Oc3ccccc3)c2)cc1. The monoisotopic (exact) mass is 389 g/mol. The van der Waals surface area contributed by atoms with Crippen LogP contribution in [0.3, 0.4) is 0 Å². The lowest BCUT2D eigenvalue weighted by Gasteiger charge is -2.09. The number of para-hydroxylation sites is 1. The minimum atomic E-state index is 0.435. The zero-order chi connectivity index (χ0) is 19.8. The van der Waals surface area contributed by atoms with Gasteiger partial charge in [-0.2, -0.15) is 5.10 Å². The van der Waals surface area contributed by atoms with Gasteiger partial charge in [-0.1, -0.05) is 56.3 Å². The van der Waals surface area contributed by atoms with Gasteiger partial charge in [0.1, 0.15) is 11.5 Å². The lowest BCUT2D eigenvalue weighted by Crippen LogP contribution is -2.23. The molecule has 0 heterocycles. The summed E-state index contributed by atoms with van der Waals surface area (Å²) in [6.07, 6.45) is 1.70. The van der Waals surface area contributed by atoms with Gasteiger partial charge >= 0.3 is 0 Å². The lowest BCUT2D eigenvalue weighted by molar-refractivity contribution is 0.482. The van der Waals surface area contributed by atoms with Crippen molar-refractivity contribution >= 4 is 29.2 Å². The second-order valence-electron chi connectivity index (χ2n) is 6.59. The van der Waals surface area contributed by atoms with Gasteiger partial charge in [0.15, 0.2) is 5.11 Å². The minimum Gasteiger partial charge on any atom is -0.457 e.